The molecule has 0 amide bonds. The summed E-state index contributed by atoms with van der Waals surface area (Å²) >= 11 is 12.6. The molecule has 0 radical (unpaired) electrons. The average molecular weight is 681 g/mol. The van der Waals surface area contributed by atoms with Gasteiger partial charge < -0.3 is 19.7 Å². The Kier molecular flexibility index (Phi) is 10.5. The summed E-state index contributed by atoms with van der Waals surface area (Å²) in [6.07, 6.45) is 0.726. The quantitative estimate of drug-likeness (QED) is 0.281. The highest BCUT2D eigenvalue weighted by Gasteiger charge is 2.36. The fourth-order valence-corrected chi connectivity index (χ4v) is 6.51. The fourth-order valence-electron chi connectivity index (χ4n) is 5.99. The third-order valence-corrected chi connectivity index (χ3v) is 9.34. The number of likely N-dealkylation sites (tertiary alicyclic amines) is 1. The summed E-state index contributed by atoms with van der Waals surface area (Å²) in [6.45, 7) is 8.95. The summed E-state index contributed by atoms with van der Waals surface area (Å²) in [4.78, 5) is 20.8. The molecule has 1 aromatic carbocycles. The number of pyridine rings is 1. The first kappa shape index (κ1) is 33.2. The Morgan fingerprint density at radius 2 is 1.63 bits per heavy atom. The third-order valence-electron chi connectivity index (χ3n) is 8.91. The Bertz CT molecular complexity index is 1440. The molecule has 0 saturated carbocycles. The smallest absolute Gasteiger partial charge is 0.403 e. The number of rotatable bonds is 10. The second kappa shape index (κ2) is 14.6. The monoisotopic (exact) mass is 679 g/mol. The van der Waals surface area contributed by atoms with Crippen LogP contribution in [0, 0.1) is 5.92 Å². The van der Waals surface area contributed by atoms with Crippen molar-refractivity contribution in [2.24, 2.45) is 5.92 Å². The molecule has 0 aliphatic carbocycles. The van der Waals surface area contributed by atoms with E-state index in [1.807, 2.05) is 12.1 Å². The van der Waals surface area contributed by atoms with Crippen LogP contribution in [0.5, 0.6) is 11.6 Å². The summed E-state index contributed by atoms with van der Waals surface area (Å²) in [5, 5.41) is 3.64. The van der Waals surface area contributed by atoms with E-state index in [0.717, 1.165) is 83.4 Å². The number of nitrogens with one attached hydrogen (secondary N) is 1. The summed E-state index contributed by atoms with van der Waals surface area (Å²) in [5.74, 6) is 1.72. The normalized spacial score (nSPS) is 19.7. The van der Waals surface area contributed by atoms with Crippen LogP contribution >= 0.6 is 23.2 Å². The molecule has 0 bridgehead atoms. The van der Waals surface area contributed by atoms with Gasteiger partial charge in [0, 0.05) is 54.4 Å². The van der Waals surface area contributed by atoms with E-state index in [1.165, 1.54) is 0 Å². The number of hydrogen-bond acceptors (Lipinski definition) is 9. The van der Waals surface area contributed by atoms with Crippen LogP contribution in [0.15, 0.2) is 42.7 Å². The van der Waals surface area contributed by atoms with Gasteiger partial charge in [0.05, 0.1) is 37.3 Å². The fraction of sp³-hybridized carbons (Fsp3) is 0.531. The second-order valence-electron chi connectivity index (χ2n) is 12.3. The number of ether oxygens (including phenoxy) is 2. The first-order chi connectivity index (χ1) is 22.1. The molecule has 46 heavy (non-hydrogen) atoms. The van der Waals surface area contributed by atoms with E-state index in [-0.39, 0.29) is 5.92 Å². The number of alkyl halides is 3. The number of benzene rings is 1. The van der Waals surface area contributed by atoms with E-state index in [1.54, 1.807) is 30.6 Å². The molecule has 5 heterocycles. The van der Waals surface area contributed by atoms with Crippen LogP contribution in [0.3, 0.4) is 0 Å². The molecule has 3 saturated heterocycles. The molecule has 6 rings (SSSR count). The SMILES string of the molecule is CC(NCC1CCN(Cc2cc(Oc3cnc(N4CCN(C5COC5)CC4)nc3)nc(-c3cc(Cl)cc(Cl)c3)c2)CC1)C(F)(F)F. The van der Waals surface area contributed by atoms with Crippen molar-refractivity contribution in [1.82, 2.24) is 30.1 Å². The van der Waals surface area contributed by atoms with Crippen molar-refractivity contribution in [2.45, 2.75) is 44.6 Å². The van der Waals surface area contributed by atoms with Crippen LogP contribution in [0.25, 0.3) is 11.3 Å². The predicted octanol–water partition coefficient (Wildman–Crippen LogP) is 5.91. The molecule has 14 heteroatoms. The van der Waals surface area contributed by atoms with E-state index in [2.05, 4.69) is 30.0 Å². The van der Waals surface area contributed by atoms with Crippen molar-refractivity contribution >= 4 is 29.2 Å². The lowest BCUT2D eigenvalue weighted by Gasteiger charge is -2.42. The van der Waals surface area contributed by atoms with E-state index < -0.39 is 12.2 Å². The minimum atomic E-state index is -4.23. The van der Waals surface area contributed by atoms with Gasteiger partial charge in [0.15, 0.2) is 5.75 Å². The standard InChI is InChI=1S/C32H38Cl2F3N7O2/c1-21(32(35,36)37)38-15-22-2-4-42(5-3-22)18-23-10-29(24-12-25(33)14-26(34)13-24)41-30(11-23)46-28-16-39-31(40-17-28)44-8-6-43(7-9-44)27-19-45-20-27/h10-14,16-17,21-22,27,38H,2-9,15,18-20H2,1H3. The first-order valence-electron chi connectivity index (χ1n) is 15.7. The van der Waals surface area contributed by atoms with Crippen LogP contribution in [0.2, 0.25) is 10.0 Å². The molecule has 9 nitrogen and oxygen atoms in total. The molecule has 3 aromatic rings. The van der Waals surface area contributed by atoms with Gasteiger partial charge in [0.25, 0.3) is 0 Å². The number of aromatic nitrogens is 3. The summed E-state index contributed by atoms with van der Waals surface area (Å²) in [5.41, 5.74) is 2.39. The Labute approximate surface area is 277 Å². The van der Waals surface area contributed by atoms with Gasteiger partial charge in [-0.25, -0.2) is 15.0 Å². The van der Waals surface area contributed by atoms with Crippen molar-refractivity contribution in [1.29, 1.82) is 0 Å². The zero-order chi connectivity index (χ0) is 32.3. The molecule has 3 fully saturated rings. The highest BCUT2D eigenvalue weighted by atomic mass is 35.5. The van der Waals surface area contributed by atoms with E-state index in [9.17, 15) is 13.2 Å². The minimum absolute atomic E-state index is 0.200. The van der Waals surface area contributed by atoms with Gasteiger partial charge in [-0.3, -0.25) is 9.80 Å². The summed E-state index contributed by atoms with van der Waals surface area (Å²) in [7, 11) is 0. The van der Waals surface area contributed by atoms with Gasteiger partial charge in [-0.1, -0.05) is 23.2 Å². The number of piperazine rings is 1. The Hall–Kier alpha value is -2.74. The van der Waals surface area contributed by atoms with Gasteiger partial charge in [-0.15, -0.1) is 0 Å². The lowest BCUT2D eigenvalue weighted by atomic mass is 9.96. The largest absolute Gasteiger partial charge is 0.436 e. The lowest BCUT2D eigenvalue weighted by Crippen LogP contribution is -2.56. The second-order valence-corrected chi connectivity index (χ2v) is 13.2. The number of halogens is 5. The van der Waals surface area contributed by atoms with Gasteiger partial charge >= 0.3 is 6.18 Å². The molecule has 1 unspecified atom stereocenters. The van der Waals surface area contributed by atoms with Crippen LogP contribution < -0.4 is 15.0 Å². The predicted molar refractivity (Wildman–Crippen MR) is 172 cm³/mol. The van der Waals surface area contributed by atoms with Crippen molar-refractivity contribution in [3.05, 3.63) is 58.3 Å². The van der Waals surface area contributed by atoms with Crippen molar-refractivity contribution in [2.75, 3.05) is 63.9 Å². The van der Waals surface area contributed by atoms with Gasteiger partial charge in [0.2, 0.25) is 11.8 Å². The maximum Gasteiger partial charge on any atom is 0.403 e. The number of piperidine rings is 1. The van der Waals surface area contributed by atoms with Gasteiger partial charge in [-0.05, 0) is 75.1 Å². The molecule has 2 aromatic heterocycles. The topological polar surface area (TPSA) is 78.9 Å². The Morgan fingerprint density at radius 1 is 0.957 bits per heavy atom. The maximum atomic E-state index is 12.9. The van der Waals surface area contributed by atoms with Gasteiger partial charge in [-0.2, -0.15) is 13.2 Å². The van der Waals surface area contributed by atoms with Crippen LogP contribution in [0.4, 0.5) is 19.1 Å². The zero-order valence-corrected chi connectivity index (χ0v) is 27.2. The molecule has 3 aliphatic rings. The highest BCUT2D eigenvalue weighted by Crippen LogP contribution is 2.31. The maximum absolute atomic E-state index is 12.9. The average Bonchev–Trinajstić information content (AvgIpc) is 2.99. The first-order valence-corrected chi connectivity index (χ1v) is 16.4. The molecule has 248 valence electrons. The third kappa shape index (κ3) is 8.59. The zero-order valence-electron chi connectivity index (χ0n) is 25.6. The molecule has 1 N–H and O–H groups in total. The molecular formula is C32H38Cl2F3N7O2. The van der Waals surface area contributed by atoms with Crippen LogP contribution in [-0.4, -0.2) is 102 Å². The minimum Gasteiger partial charge on any atom is -0.436 e. The molecule has 0 spiro atoms. The van der Waals surface area contributed by atoms with Crippen molar-refractivity contribution < 1.29 is 22.6 Å². The summed E-state index contributed by atoms with van der Waals surface area (Å²) in [6, 6.07) is 8.18. The molecular weight excluding hydrogens is 642 g/mol. The van der Waals surface area contributed by atoms with E-state index >= 15 is 0 Å². The van der Waals surface area contributed by atoms with E-state index in [4.69, 9.17) is 37.7 Å². The van der Waals surface area contributed by atoms with E-state index in [0.29, 0.717) is 52.4 Å². The molecule has 3 aliphatic heterocycles. The number of anilines is 1. The Balaban J connectivity index is 1.12. The lowest BCUT2D eigenvalue weighted by molar-refractivity contribution is -0.152. The number of nitrogens with zero attached hydrogens (tertiary/aromatic N) is 6. The highest BCUT2D eigenvalue weighted by molar-refractivity contribution is 6.35. The van der Waals surface area contributed by atoms with Gasteiger partial charge in [0.1, 0.15) is 6.04 Å². The van der Waals surface area contributed by atoms with Crippen LogP contribution in [0.1, 0.15) is 25.3 Å². The summed E-state index contributed by atoms with van der Waals surface area (Å²) < 4.78 is 50.2. The van der Waals surface area contributed by atoms with Crippen LogP contribution in [-0.2, 0) is 11.3 Å². The molecule has 1 atom stereocenters. The van der Waals surface area contributed by atoms with Crippen molar-refractivity contribution in [3.63, 3.8) is 0 Å². The van der Waals surface area contributed by atoms with Crippen molar-refractivity contribution in [3.8, 4) is 22.9 Å². The number of hydrogen-bond donors (Lipinski definition) is 1. The Morgan fingerprint density at radius 3 is 2.24 bits per heavy atom.